The van der Waals surface area contributed by atoms with E-state index in [9.17, 15) is 4.79 Å². The summed E-state index contributed by atoms with van der Waals surface area (Å²) in [6, 6.07) is 0. The summed E-state index contributed by atoms with van der Waals surface area (Å²) >= 11 is 0. The van der Waals surface area contributed by atoms with Crippen LogP contribution in [0.15, 0.2) is 0 Å². The molecule has 54 valence electrons. The number of aliphatic carboxylic acids is 1. The van der Waals surface area contributed by atoms with Gasteiger partial charge in [0.05, 0.1) is 0 Å². The summed E-state index contributed by atoms with van der Waals surface area (Å²) in [6.07, 6.45) is 0. The van der Waals surface area contributed by atoms with E-state index in [-0.39, 0.29) is 0 Å². The predicted octanol–water partition coefficient (Wildman–Crippen LogP) is -0.692. The maximum atomic E-state index is 10.3. The van der Waals surface area contributed by atoms with Gasteiger partial charge in [0, 0.05) is 0 Å². The summed E-state index contributed by atoms with van der Waals surface area (Å²) in [7, 11) is 3.24. The molecule has 0 aromatic rings. The van der Waals surface area contributed by atoms with Crippen LogP contribution in [-0.2, 0) is 4.79 Å². The molecule has 1 atom stereocenters. The second kappa shape index (κ2) is 2.33. The van der Waals surface area contributed by atoms with Crippen molar-refractivity contribution < 1.29 is 9.90 Å². The van der Waals surface area contributed by atoms with Crippen LogP contribution >= 0.6 is 0 Å². The van der Waals surface area contributed by atoms with Crippen molar-refractivity contribution >= 4 is 5.97 Å². The smallest absolute Gasteiger partial charge is 0.338 e. The third-order valence-corrected chi connectivity index (χ3v) is 1.36. The Labute approximate surface area is 54.3 Å². The first-order chi connectivity index (χ1) is 3.89. The first-order valence-corrected chi connectivity index (χ1v) is 2.58. The molecule has 0 aliphatic heterocycles. The number of carboxylic acids is 1. The van der Waals surface area contributed by atoms with Gasteiger partial charge in [0.2, 0.25) is 0 Å². The molecule has 0 rings (SSSR count). The largest absolute Gasteiger partial charge is 0.479 e. The maximum Gasteiger partial charge on any atom is 0.338 e. The molecule has 9 heavy (non-hydrogen) atoms. The highest BCUT2D eigenvalue weighted by Crippen LogP contribution is 2.00. The van der Waals surface area contributed by atoms with Gasteiger partial charge in [-0.15, -0.1) is 0 Å². The van der Waals surface area contributed by atoms with Crippen molar-refractivity contribution in [2.75, 3.05) is 14.1 Å². The van der Waals surface area contributed by atoms with Crippen LogP contribution < -0.4 is 5.73 Å². The molecule has 4 heteroatoms. The second-order valence-electron chi connectivity index (χ2n) is 2.35. The molecule has 3 N–H and O–H groups in total. The lowest BCUT2D eigenvalue weighted by molar-refractivity contribution is -0.148. The third-order valence-electron chi connectivity index (χ3n) is 1.36. The molecule has 0 aromatic carbocycles. The number of carbonyl (C=O) groups is 1. The quantitative estimate of drug-likeness (QED) is 0.488. The molecule has 0 saturated heterocycles. The van der Waals surface area contributed by atoms with Crippen molar-refractivity contribution in [2.45, 2.75) is 12.6 Å². The Bertz CT molecular complexity index is 120. The van der Waals surface area contributed by atoms with Crippen LogP contribution in [-0.4, -0.2) is 35.7 Å². The Kier molecular flexibility index (Phi) is 2.17. The van der Waals surface area contributed by atoms with Crippen LogP contribution in [0.5, 0.6) is 0 Å². The molecule has 0 saturated carbocycles. The first kappa shape index (κ1) is 8.39. The zero-order chi connectivity index (χ0) is 7.65. The van der Waals surface area contributed by atoms with E-state index in [1.165, 1.54) is 11.8 Å². The summed E-state index contributed by atoms with van der Waals surface area (Å²) in [5, 5.41) is 8.44. The van der Waals surface area contributed by atoms with Crippen LogP contribution in [0.2, 0.25) is 0 Å². The Hall–Kier alpha value is -0.610. The first-order valence-electron chi connectivity index (χ1n) is 2.58. The molecule has 0 spiro atoms. The van der Waals surface area contributed by atoms with Crippen LogP contribution in [0.25, 0.3) is 0 Å². The SMILES string of the molecule is CN(C)C(C)(N)C(=O)O. The van der Waals surface area contributed by atoms with Crippen molar-refractivity contribution in [3.8, 4) is 0 Å². The summed E-state index contributed by atoms with van der Waals surface area (Å²) in [5.41, 5.74) is 4.08. The molecule has 1 unspecified atom stereocenters. The van der Waals surface area contributed by atoms with Gasteiger partial charge in [-0.3, -0.25) is 4.90 Å². The number of likely N-dealkylation sites (N-methyl/N-ethyl adjacent to an activating group) is 1. The van der Waals surface area contributed by atoms with Crippen LogP contribution in [0.4, 0.5) is 0 Å². The van der Waals surface area contributed by atoms with E-state index in [0.29, 0.717) is 0 Å². The van der Waals surface area contributed by atoms with Gasteiger partial charge in [-0.05, 0) is 21.0 Å². The Morgan fingerprint density at radius 3 is 2.00 bits per heavy atom. The van der Waals surface area contributed by atoms with E-state index in [0.717, 1.165) is 0 Å². The van der Waals surface area contributed by atoms with Crippen LogP contribution in [0.3, 0.4) is 0 Å². The lowest BCUT2D eigenvalue weighted by Crippen LogP contribution is -2.56. The van der Waals surface area contributed by atoms with Crippen molar-refractivity contribution in [2.24, 2.45) is 5.73 Å². The molecule has 0 fully saturated rings. The fourth-order valence-corrected chi connectivity index (χ4v) is 0.191. The number of rotatable bonds is 2. The van der Waals surface area contributed by atoms with E-state index in [4.69, 9.17) is 10.8 Å². The molecule has 0 aliphatic rings. The highest BCUT2D eigenvalue weighted by molar-refractivity contribution is 5.77. The average molecular weight is 132 g/mol. The van der Waals surface area contributed by atoms with Crippen LogP contribution in [0.1, 0.15) is 6.92 Å². The highest BCUT2D eigenvalue weighted by atomic mass is 16.4. The van der Waals surface area contributed by atoms with Gasteiger partial charge >= 0.3 is 5.97 Å². The maximum absolute atomic E-state index is 10.3. The lowest BCUT2D eigenvalue weighted by Gasteiger charge is -2.26. The van der Waals surface area contributed by atoms with Crippen molar-refractivity contribution in [1.29, 1.82) is 0 Å². The molecule has 0 amide bonds. The predicted molar refractivity (Wildman–Crippen MR) is 33.9 cm³/mol. The summed E-state index contributed by atoms with van der Waals surface area (Å²) in [4.78, 5) is 11.7. The van der Waals surface area contributed by atoms with Crippen LogP contribution in [0, 0.1) is 0 Å². The second-order valence-corrected chi connectivity index (χ2v) is 2.35. The minimum absolute atomic E-state index is 1.02. The molecule has 4 nitrogen and oxygen atoms in total. The number of nitrogens with two attached hydrogens (primary N) is 1. The van der Waals surface area contributed by atoms with Crippen molar-refractivity contribution in [1.82, 2.24) is 4.90 Å². The molecule has 0 heterocycles. The van der Waals surface area contributed by atoms with Crippen molar-refractivity contribution in [3.63, 3.8) is 0 Å². The normalized spacial score (nSPS) is 17.4. The van der Waals surface area contributed by atoms with Gasteiger partial charge in [0.15, 0.2) is 5.66 Å². The monoisotopic (exact) mass is 132 g/mol. The molecular weight excluding hydrogens is 120 g/mol. The third kappa shape index (κ3) is 1.65. The molecular formula is C5H12N2O2. The number of hydrogen-bond donors (Lipinski definition) is 2. The minimum atomic E-state index is -1.25. The van der Waals surface area contributed by atoms with Gasteiger partial charge in [-0.25, -0.2) is 4.79 Å². The van der Waals surface area contributed by atoms with Gasteiger partial charge < -0.3 is 10.8 Å². The van der Waals surface area contributed by atoms with E-state index in [1.807, 2.05) is 0 Å². The Morgan fingerprint density at radius 2 is 2.00 bits per heavy atom. The summed E-state index contributed by atoms with van der Waals surface area (Å²) in [5.74, 6) is -1.02. The number of hydrogen-bond acceptors (Lipinski definition) is 3. The van der Waals surface area contributed by atoms with E-state index in [2.05, 4.69) is 0 Å². The topological polar surface area (TPSA) is 66.6 Å². The van der Waals surface area contributed by atoms with Gasteiger partial charge in [0.25, 0.3) is 0 Å². The van der Waals surface area contributed by atoms with Gasteiger partial charge in [0.1, 0.15) is 0 Å². The average Bonchev–Trinajstić information content (AvgIpc) is 1.65. The van der Waals surface area contributed by atoms with E-state index < -0.39 is 11.6 Å². The fourth-order valence-electron chi connectivity index (χ4n) is 0.191. The highest BCUT2D eigenvalue weighted by Gasteiger charge is 2.29. The van der Waals surface area contributed by atoms with Gasteiger partial charge in [-0.2, -0.15) is 0 Å². The number of nitrogens with zero attached hydrogens (tertiary/aromatic N) is 1. The molecule has 0 aliphatic carbocycles. The van der Waals surface area contributed by atoms with E-state index >= 15 is 0 Å². The summed E-state index contributed by atoms with van der Waals surface area (Å²) < 4.78 is 0. The zero-order valence-electron chi connectivity index (χ0n) is 5.88. The Morgan fingerprint density at radius 1 is 1.67 bits per heavy atom. The lowest BCUT2D eigenvalue weighted by atomic mass is 10.2. The molecule has 0 aromatic heterocycles. The minimum Gasteiger partial charge on any atom is -0.479 e. The number of carboxylic acid groups (broad SMARTS) is 1. The molecule has 0 radical (unpaired) electrons. The van der Waals surface area contributed by atoms with Crippen molar-refractivity contribution in [3.05, 3.63) is 0 Å². The van der Waals surface area contributed by atoms with Gasteiger partial charge in [-0.1, -0.05) is 0 Å². The standard InChI is InChI=1S/C5H12N2O2/c1-5(6,4(8)9)7(2)3/h6H2,1-3H3,(H,8,9). The summed E-state index contributed by atoms with van der Waals surface area (Å²) in [6.45, 7) is 1.44. The fraction of sp³-hybridized carbons (Fsp3) is 0.800. The van der Waals surface area contributed by atoms with E-state index in [1.54, 1.807) is 14.1 Å². The molecule has 0 bridgehead atoms. The zero-order valence-corrected chi connectivity index (χ0v) is 5.88. The Balaban J connectivity index is 4.19.